The van der Waals surface area contributed by atoms with Crippen LogP contribution in [0.25, 0.3) is 44.4 Å². The van der Waals surface area contributed by atoms with Gasteiger partial charge in [0.15, 0.2) is 0 Å². The van der Waals surface area contributed by atoms with E-state index in [1.807, 2.05) is 36.0 Å². The van der Waals surface area contributed by atoms with Crippen LogP contribution >= 0.6 is 0 Å². The maximum atomic E-state index is 14.4. The minimum absolute atomic E-state index is 0.0233. The monoisotopic (exact) mass is 882 g/mol. The third-order valence-electron chi connectivity index (χ3n) is 14.9. The molecule has 2 aliphatic carbocycles. The van der Waals surface area contributed by atoms with E-state index < -0.39 is 24.3 Å². The van der Waals surface area contributed by atoms with E-state index in [9.17, 15) is 19.2 Å². The molecule has 2 aromatic heterocycles. The van der Waals surface area contributed by atoms with Gasteiger partial charge in [-0.1, -0.05) is 62.4 Å². The van der Waals surface area contributed by atoms with Gasteiger partial charge >= 0.3 is 12.2 Å². The van der Waals surface area contributed by atoms with E-state index in [0.717, 1.165) is 94.6 Å². The third kappa shape index (κ3) is 8.23. The van der Waals surface area contributed by atoms with Crippen LogP contribution < -0.4 is 10.6 Å². The Morgan fingerprint density at radius 2 is 1.37 bits per heavy atom. The van der Waals surface area contributed by atoms with Crippen LogP contribution in [-0.4, -0.2) is 106 Å². The zero-order chi connectivity index (χ0) is 45.0. The van der Waals surface area contributed by atoms with Gasteiger partial charge in [-0.25, -0.2) is 19.6 Å². The van der Waals surface area contributed by atoms with E-state index in [1.54, 1.807) is 0 Å². The van der Waals surface area contributed by atoms with Crippen LogP contribution in [0.1, 0.15) is 88.9 Å². The summed E-state index contributed by atoms with van der Waals surface area (Å²) in [4.78, 5) is 73.6. The molecule has 10 rings (SSSR count). The van der Waals surface area contributed by atoms with E-state index >= 15 is 0 Å². The molecule has 4 N–H and O–H groups in total. The molecule has 3 saturated heterocycles. The molecule has 6 atom stereocenters. The second-order valence-electron chi connectivity index (χ2n) is 19.2. The lowest BCUT2D eigenvalue weighted by Crippen LogP contribution is -2.55. The van der Waals surface area contributed by atoms with Crippen molar-refractivity contribution in [2.24, 2.45) is 23.2 Å². The number of methoxy groups -OCH3 is 2. The number of piperidine rings is 1. The molecular weight excluding hydrogens is 825 g/mol. The number of hydrogen-bond donors (Lipinski definition) is 4. The average Bonchev–Trinajstić information content (AvgIpc) is 3.97. The lowest BCUT2D eigenvalue weighted by Gasteiger charge is -2.39. The smallest absolute Gasteiger partial charge is 0.407 e. The Hall–Kier alpha value is -6.22. The van der Waals surface area contributed by atoms with Gasteiger partial charge in [0.2, 0.25) is 11.8 Å². The average molecular weight is 883 g/mol. The van der Waals surface area contributed by atoms with Crippen LogP contribution in [0.3, 0.4) is 0 Å². The van der Waals surface area contributed by atoms with Gasteiger partial charge in [0.25, 0.3) is 0 Å². The summed E-state index contributed by atoms with van der Waals surface area (Å²) < 4.78 is 15.3. The van der Waals surface area contributed by atoms with Crippen molar-refractivity contribution < 1.29 is 33.4 Å². The number of rotatable bonds is 11. The van der Waals surface area contributed by atoms with Crippen molar-refractivity contribution in [2.75, 3.05) is 34.0 Å². The second kappa shape index (κ2) is 17.3. The second-order valence-corrected chi connectivity index (χ2v) is 19.2. The zero-order valence-corrected chi connectivity index (χ0v) is 37.5. The molecule has 65 heavy (non-hydrogen) atoms. The summed E-state index contributed by atoms with van der Waals surface area (Å²) in [5, 5.41) is 7.84. The van der Waals surface area contributed by atoms with Crippen molar-refractivity contribution in [3.8, 4) is 33.6 Å². The molecule has 15 heteroatoms. The Morgan fingerprint density at radius 3 is 2.06 bits per heavy atom. The molecule has 2 bridgehead atoms. The van der Waals surface area contributed by atoms with Gasteiger partial charge in [0.05, 0.1) is 50.1 Å². The molecule has 3 unspecified atom stereocenters. The summed E-state index contributed by atoms with van der Waals surface area (Å²) in [6.07, 6.45) is 9.84. The van der Waals surface area contributed by atoms with Gasteiger partial charge in [0, 0.05) is 31.4 Å². The van der Waals surface area contributed by atoms with Crippen molar-refractivity contribution in [2.45, 2.75) is 95.4 Å². The molecule has 5 fully saturated rings. The van der Waals surface area contributed by atoms with E-state index in [4.69, 9.17) is 24.2 Å². The van der Waals surface area contributed by atoms with E-state index in [1.165, 1.54) is 14.2 Å². The number of fused-ring (bicyclic) bond motifs is 3. The van der Waals surface area contributed by atoms with Gasteiger partial charge in [0.1, 0.15) is 23.7 Å². The molecule has 15 nitrogen and oxygen atoms in total. The van der Waals surface area contributed by atoms with Gasteiger partial charge in [-0.05, 0) is 114 Å². The molecule has 3 aromatic carbocycles. The molecular formula is C50H58N8O7. The van der Waals surface area contributed by atoms with Crippen molar-refractivity contribution >= 4 is 34.8 Å². The van der Waals surface area contributed by atoms with Crippen molar-refractivity contribution in [1.82, 2.24) is 40.4 Å². The Morgan fingerprint density at radius 1 is 0.754 bits per heavy atom. The number of nitrogens with one attached hydrogen (secondary N) is 4. The molecule has 5 heterocycles. The summed E-state index contributed by atoms with van der Waals surface area (Å²) in [5.41, 5.74) is 6.08. The fraction of sp³-hybridized carbons (Fsp3) is 0.480. The number of alkyl carbamates (subject to hydrolysis) is 2. The minimum Gasteiger partial charge on any atom is -0.453 e. The summed E-state index contributed by atoms with van der Waals surface area (Å²) in [7, 11) is 2.63. The Bertz CT molecular complexity index is 2590. The Balaban J connectivity index is 0.832. The highest BCUT2D eigenvalue weighted by molar-refractivity contribution is 5.91. The molecule has 4 amide bonds. The lowest BCUT2D eigenvalue weighted by molar-refractivity contribution is -0.140. The first-order valence-electron chi connectivity index (χ1n) is 23.2. The lowest BCUT2D eigenvalue weighted by atomic mass is 9.89. The fourth-order valence-electron chi connectivity index (χ4n) is 11.1. The van der Waals surface area contributed by atoms with Crippen LogP contribution in [0, 0.1) is 23.2 Å². The first-order chi connectivity index (χ1) is 31.5. The molecule has 1 spiro atoms. The van der Waals surface area contributed by atoms with Crippen molar-refractivity contribution in [3.63, 3.8) is 0 Å². The largest absolute Gasteiger partial charge is 0.453 e. The number of ether oxygens (including phenoxy) is 3. The van der Waals surface area contributed by atoms with Gasteiger partial charge in [-0.3, -0.25) is 9.59 Å². The zero-order valence-electron chi connectivity index (χ0n) is 37.5. The predicted octanol–water partition coefficient (Wildman–Crippen LogP) is 7.92. The number of aromatic amines is 2. The number of likely N-dealkylation sites (tertiary alicyclic amines) is 2. The number of hydrogen-bond acceptors (Lipinski definition) is 9. The number of aromatic nitrogens is 4. The highest BCUT2D eigenvalue weighted by Crippen LogP contribution is 2.58. The van der Waals surface area contributed by atoms with E-state index in [2.05, 4.69) is 81.3 Å². The Kier molecular flexibility index (Phi) is 11.4. The first-order valence-corrected chi connectivity index (χ1v) is 23.2. The predicted molar refractivity (Wildman–Crippen MR) is 243 cm³/mol. The maximum Gasteiger partial charge on any atom is 0.407 e. The molecule has 5 aliphatic rings. The molecule has 2 saturated carbocycles. The van der Waals surface area contributed by atoms with Crippen LogP contribution in [0.4, 0.5) is 9.59 Å². The first kappa shape index (κ1) is 42.7. The summed E-state index contributed by atoms with van der Waals surface area (Å²) in [5.74, 6) is 1.54. The minimum atomic E-state index is -0.689. The molecule has 5 aromatic rings. The fourth-order valence-corrected chi connectivity index (χ4v) is 11.1. The number of H-pyrrole nitrogens is 2. The summed E-state index contributed by atoms with van der Waals surface area (Å²) in [6, 6.07) is 19.7. The van der Waals surface area contributed by atoms with Crippen LogP contribution in [0.2, 0.25) is 0 Å². The number of amides is 4. The number of nitrogens with zero attached hydrogens (tertiary/aromatic N) is 4. The summed E-state index contributed by atoms with van der Waals surface area (Å²) >= 11 is 0. The van der Waals surface area contributed by atoms with Crippen molar-refractivity contribution in [1.29, 1.82) is 0 Å². The topological polar surface area (TPSA) is 184 Å². The maximum absolute atomic E-state index is 14.4. The quantitative estimate of drug-likeness (QED) is 0.102. The van der Waals surface area contributed by atoms with Crippen LogP contribution in [-0.2, 0) is 23.8 Å². The number of imidazole rings is 2. The molecule has 0 radical (unpaired) electrons. The summed E-state index contributed by atoms with van der Waals surface area (Å²) in [6.45, 7) is 5.65. The standard InChI is InChI=1S/C50H58N8O7/c1-28(2)41(55-48(61)63-3)46(59)57-27-50(17-18-50)24-40(57)44-51-26-39(53-44)35-12-11-33-21-32(9-10-34(33)22-35)29-5-7-30(8-6-29)38-25-52-45(54-38)43-36-13-14-37(23-36)58(43)47(60)42(56-49(62)64-4)31-15-19-65-20-16-31/h5-12,21-22,25-26,28,31,36-37,40-43H,13-20,23-24,27H2,1-4H3,(H,51,53)(H,52,54)(H,55,61)(H,56,62)/t36?,37?,40-,41-,42-,43?/m0/s1. The molecule has 340 valence electrons. The SMILES string of the molecule is COC(=O)N[C@H](C(=O)N1CC2(CC2)C[C@H]1c1ncc(-c2ccc3cc(-c4ccc(-c5cnc(C6C7CCC(C7)N6C(=O)[C@@H](NC(=O)OC)C6CCOCC6)[nH]5)cc4)ccc3c2)[nH]1)C(C)C. The van der Waals surface area contributed by atoms with Gasteiger partial charge in [-0.15, -0.1) is 0 Å². The third-order valence-corrected chi connectivity index (χ3v) is 14.9. The number of carbonyl (C=O) groups is 4. The van der Waals surface area contributed by atoms with Gasteiger partial charge in [-0.2, -0.15) is 0 Å². The normalized spacial score (nSPS) is 23.2. The van der Waals surface area contributed by atoms with E-state index in [-0.39, 0.29) is 47.2 Å². The van der Waals surface area contributed by atoms with E-state index in [0.29, 0.717) is 38.5 Å². The van der Waals surface area contributed by atoms with Gasteiger partial charge < -0.3 is 44.6 Å². The highest BCUT2D eigenvalue weighted by Gasteiger charge is 2.55. The van der Waals surface area contributed by atoms with Crippen molar-refractivity contribution in [3.05, 3.63) is 84.7 Å². The number of carbonyl (C=O) groups excluding carboxylic acids is 4. The molecule has 3 aliphatic heterocycles. The van der Waals surface area contributed by atoms with Crippen LogP contribution in [0.5, 0.6) is 0 Å². The number of benzene rings is 3. The highest BCUT2D eigenvalue weighted by atomic mass is 16.5. The van der Waals surface area contributed by atoms with Crippen LogP contribution in [0.15, 0.2) is 73.1 Å². The Labute approximate surface area is 378 Å².